The highest BCUT2D eigenvalue weighted by atomic mass is 35.5. The van der Waals surface area contributed by atoms with Crippen molar-refractivity contribution in [3.63, 3.8) is 0 Å². The van der Waals surface area contributed by atoms with Gasteiger partial charge in [-0.15, -0.1) is 22.9 Å². The van der Waals surface area contributed by atoms with Crippen molar-refractivity contribution in [2.45, 2.75) is 50.8 Å². The molecule has 0 N–H and O–H groups in total. The fourth-order valence-corrected chi connectivity index (χ4v) is 3.78. The first-order valence-corrected chi connectivity index (χ1v) is 7.86. The van der Waals surface area contributed by atoms with Gasteiger partial charge in [0.15, 0.2) is 0 Å². The lowest BCUT2D eigenvalue weighted by atomic mass is 9.99. The van der Waals surface area contributed by atoms with E-state index in [9.17, 15) is 0 Å². The Labute approximate surface area is 118 Å². The van der Waals surface area contributed by atoms with Crippen LogP contribution in [0.1, 0.15) is 43.4 Å². The Morgan fingerprint density at radius 3 is 3.00 bits per heavy atom. The van der Waals surface area contributed by atoms with Crippen molar-refractivity contribution >= 4 is 22.9 Å². The summed E-state index contributed by atoms with van der Waals surface area (Å²) in [4.78, 5) is 7.11. The van der Waals surface area contributed by atoms with E-state index < -0.39 is 0 Å². The van der Waals surface area contributed by atoms with Gasteiger partial charge in [-0.05, 0) is 26.7 Å². The topological polar surface area (TPSA) is 25.4 Å². The number of hydrogen-bond donors (Lipinski definition) is 0. The zero-order valence-electron chi connectivity index (χ0n) is 11.2. The predicted molar refractivity (Wildman–Crippen MR) is 76.3 cm³/mol. The Balaban J connectivity index is 2.02. The van der Waals surface area contributed by atoms with E-state index in [0.29, 0.717) is 24.1 Å². The molecular formula is C13H21ClN2OS. The van der Waals surface area contributed by atoms with E-state index >= 15 is 0 Å². The van der Waals surface area contributed by atoms with Crippen LogP contribution in [0.25, 0.3) is 0 Å². The van der Waals surface area contributed by atoms with Gasteiger partial charge < -0.3 is 4.74 Å². The molecule has 1 saturated heterocycles. The third-order valence-corrected chi connectivity index (χ3v) is 5.11. The van der Waals surface area contributed by atoms with Crippen LogP contribution in [-0.4, -0.2) is 35.7 Å². The Kier molecular flexibility index (Phi) is 5.01. The van der Waals surface area contributed by atoms with Crippen LogP contribution in [-0.2, 0) is 10.6 Å². The largest absolute Gasteiger partial charge is 0.381 e. The fraction of sp³-hybridized carbons (Fsp3) is 0.769. The van der Waals surface area contributed by atoms with Crippen molar-refractivity contribution in [1.29, 1.82) is 0 Å². The quantitative estimate of drug-likeness (QED) is 0.794. The van der Waals surface area contributed by atoms with Crippen LogP contribution in [0.4, 0.5) is 0 Å². The molecule has 0 bridgehead atoms. The number of hydrogen-bond acceptors (Lipinski definition) is 4. The molecule has 1 aromatic rings. The predicted octanol–water partition coefficient (Wildman–Crippen LogP) is 3.44. The van der Waals surface area contributed by atoms with Gasteiger partial charge in [0.2, 0.25) is 0 Å². The lowest BCUT2D eigenvalue weighted by Gasteiger charge is -2.40. The minimum absolute atomic E-state index is 0.375. The van der Waals surface area contributed by atoms with Crippen LogP contribution in [0.5, 0.6) is 0 Å². The average Bonchev–Trinajstić information content (AvgIpc) is 2.86. The lowest BCUT2D eigenvalue weighted by Crippen LogP contribution is -2.44. The number of methoxy groups -OCH3 is 1. The molecule has 0 aromatic carbocycles. The molecule has 2 heterocycles. The highest BCUT2D eigenvalue weighted by Gasteiger charge is 2.30. The summed E-state index contributed by atoms with van der Waals surface area (Å²) in [7, 11) is 1.81. The Bertz CT molecular complexity index is 385. The maximum absolute atomic E-state index is 5.81. The summed E-state index contributed by atoms with van der Waals surface area (Å²) in [5, 5.41) is 3.24. The molecule has 3 unspecified atom stereocenters. The Morgan fingerprint density at radius 2 is 2.44 bits per heavy atom. The first-order valence-electron chi connectivity index (χ1n) is 6.44. The molecule has 102 valence electrons. The van der Waals surface area contributed by atoms with E-state index in [4.69, 9.17) is 16.3 Å². The number of thiazole rings is 1. The summed E-state index contributed by atoms with van der Waals surface area (Å²) in [5.41, 5.74) is 0.989. The molecule has 5 heteroatoms. The van der Waals surface area contributed by atoms with Gasteiger partial charge in [-0.1, -0.05) is 0 Å². The molecule has 0 saturated carbocycles. The maximum atomic E-state index is 5.81. The number of likely N-dealkylation sites (tertiary alicyclic amines) is 1. The highest BCUT2D eigenvalue weighted by molar-refractivity contribution is 7.09. The van der Waals surface area contributed by atoms with Gasteiger partial charge in [0.05, 0.1) is 23.7 Å². The van der Waals surface area contributed by atoms with E-state index in [-0.39, 0.29) is 0 Å². The number of piperidine rings is 1. The second-order valence-electron chi connectivity index (χ2n) is 4.96. The smallest absolute Gasteiger partial charge is 0.110 e. The van der Waals surface area contributed by atoms with Crippen LogP contribution >= 0.6 is 22.9 Å². The molecular weight excluding hydrogens is 268 g/mol. The van der Waals surface area contributed by atoms with Crippen molar-refractivity contribution < 1.29 is 4.74 Å². The summed E-state index contributed by atoms with van der Waals surface area (Å²) in [6, 6.07) is 0.918. The number of aromatic nitrogens is 1. The number of nitrogens with zero attached hydrogens (tertiary/aromatic N) is 2. The molecule has 0 aliphatic carbocycles. The van der Waals surface area contributed by atoms with Gasteiger partial charge in [0.1, 0.15) is 5.01 Å². The van der Waals surface area contributed by atoms with E-state index in [1.165, 1.54) is 5.01 Å². The summed E-state index contributed by atoms with van der Waals surface area (Å²) >= 11 is 7.53. The second kappa shape index (κ2) is 6.33. The van der Waals surface area contributed by atoms with Crippen molar-refractivity contribution in [1.82, 2.24) is 9.88 Å². The van der Waals surface area contributed by atoms with Crippen LogP contribution in [0.15, 0.2) is 5.38 Å². The molecule has 0 amide bonds. The fourth-order valence-electron chi connectivity index (χ4n) is 2.65. The zero-order chi connectivity index (χ0) is 13.1. The van der Waals surface area contributed by atoms with E-state index in [0.717, 1.165) is 25.1 Å². The minimum Gasteiger partial charge on any atom is -0.381 e. The maximum Gasteiger partial charge on any atom is 0.110 e. The van der Waals surface area contributed by atoms with E-state index in [1.54, 1.807) is 11.3 Å². The third kappa shape index (κ3) is 3.05. The van der Waals surface area contributed by atoms with Gasteiger partial charge in [-0.3, -0.25) is 4.90 Å². The van der Waals surface area contributed by atoms with Gasteiger partial charge in [-0.25, -0.2) is 4.98 Å². The highest BCUT2D eigenvalue weighted by Crippen LogP contribution is 2.30. The van der Waals surface area contributed by atoms with Gasteiger partial charge in [-0.2, -0.15) is 0 Å². The van der Waals surface area contributed by atoms with Crippen molar-refractivity contribution in [2.24, 2.45) is 0 Å². The summed E-state index contributed by atoms with van der Waals surface area (Å²) in [5.74, 6) is 0.504. The van der Waals surface area contributed by atoms with E-state index in [1.807, 2.05) is 7.11 Å². The molecule has 3 nitrogen and oxygen atoms in total. The van der Waals surface area contributed by atoms with E-state index in [2.05, 4.69) is 29.1 Å². The average molecular weight is 289 g/mol. The molecule has 0 spiro atoms. The van der Waals surface area contributed by atoms with Crippen molar-refractivity contribution in [2.75, 3.05) is 13.7 Å². The Hall–Kier alpha value is -0.160. The second-order valence-corrected chi connectivity index (χ2v) is 6.11. The third-order valence-electron chi connectivity index (χ3n) is 3.77. The first-order chi connectivity index (χ1) is 8.65. The summed E-state index contributed by atoms with van der Waals surface area (Å²) in [6.45, 7) is 5.59. The lowest BCUT2D eigenvalue weighted by molar-refractivity contribution is 0.00121. The molecule has 1 aliphatic rings. The Morgan fingerprint density at radius 1 is 1.67 bits per heavy atom. The van der Waals surface area contributed by atoms with Crippen LogP contribution < -0.4 is 0 Å². The van der Waals surface area contributed by atoms with Gasteiger partial charge in [0.25, 0.3) is 0 Å². The number of alkyl halides is 1. The molecule has 1 aromatic heterocycles. The summed E-state index contributed by atoms with van der Waals surface area (Å²) in [6.07, 6.45) is 2.63. The number of ether oxygens (including phenoxy) is 1. The van der Waals surface area contributed by atoms with Crippen LogP contribution in [0.3, 0.4) is 0 Å². The standard InChI is InChI=1S/C13H21ClN2OS/c1-9-6-12(17-3)4-5-16(9)10(2)13-15-11(7-14)8-18-13/h8-10,12H,4-7H2,1-3H3. The molecule has 0 radical (unpaired) electrons. The molecule has 3 atom stereocenters. The van der Waals surface area contributed by atoms with Crippen molar-refractivity contribution in [3.8, 4) is 0 Å². The normalized spacial score (nSPS) is 27.3. The summed E-state index contributed by atoms with van der Waals surface area (Å²) < 4.78 is 5.46. The number of rotatable bonds is 4. The zero-order valence-corrected chi connectivity index (χ0v) is 12.8. The van der Waals surface area contributed by atoms with Crippen LogP contribution in [0.2, 0.25) is 0 Å². The minimum atomic E-state index is 0.375. The van der Waals surface area contributed by atoms with Gasteiger partial charge >= 0.3 is 0 Å². The molecule has 18 heavy (non-hydrogen) atoms. The SMILES string of the molecule is COC1CCN(C(C)c2nc(CCl)cs2)C(C)C1. The molecule has 2 rings (SSSR count). The molecule has 1 fully saturated rings. The van der Waals surface area contributed by atoms with Gasteiger partial charge in [0, 0.05) is 25.1 Å². The molecule has 1 aliphatic heterocycles. The first kappa shape index (κ1) is 14.3. The monoisotopic (exact) mass is 288 g/mol. The number of halogens is 1. The van der Waals surface area contributed by atoms with Crippen molar-refractivity contribution in [3.05, 3.63) is 16.1 Å². The van der Waals surface area contributed by atoms with Crippen LogP contribution in [0, 0.1) is 0 Å².